The number of carbonyl (C=O) groups excluding carboxylic acids is 2. The maximum absolute atomic E-state index is 11.5. The zero-order valence-electron chi connectivity index (χ0n) is 8.32. The van der Waals surface area contributed by atoms with Crippen LogP contribution in [0.2, 0.25) is 0 Å². The van der Waals surface area contributed by atoms with Crippen molar-refractivity contribution in [3.05, 3.63) is 35.4 Å². The minimum Gasteiger partial charge on any atom is -0.494 e. The molecule has 1 aromatic carbocycles. The van der Waals surface area contributed by atoms with Crippen molar-refractivity contribution in [2.45, 2.75) is 6.92 Å². The van der Waals surface area contributed by atoms with Crippen LogP contribution < -0.4 is 4.74 Å². The third-order valence-corrected chi connectivity index (χ3v) is 2.22. The van der Waals surface area contributed by atoms with Gasteiger partial charge in [-0.15, -0.1) is 0 Å². The van der Waals surface area contributed by atoms with Crippen molar-refractivity contribution in [3.63, 3.8) is 0 Å². The highest BCUT2D eigenvalue weighted by molar-refractivity contribution is 6.50. The number of hydrogen-bond donors (Lipinski definition) is 0. The van der Waals surface area contributed by atoms with Crippen molar-refractivity contribution >= 4 is 17.6 Å². The summed E-state index contributed by atoms with van der Waals surface area (Å²) in [5.74, 6) is -0.321. The predicted molar refractivity (Wildman–Crippen MR) is 56.0 cm³/mol. The van der Waals surface area contributed by atoms with E-state index in [1.165, 1.54) is 6.08 Å². The van der Waals surface area contributed by atoms with Crippen molar-refractivity contribution in [1.29, 1.82) is 0 Å². The standard InChI is InChI=1S/C12H10O3/c1-2-15-9-5-3-8-4-6-11(13)12(14)10(8)7-9/h3-7H,2H2,1H3. The molecule has 0 bridgehead atoms. The SMILES string of the molecule is CCOc1ccc2c(c1)C(=O)C(=O)C=C2. The van der Waals surface area contributed by atoms with Gasteiger partial charge >= 0.3 is 0 Å². The third kappa shape index (κ3) is 1.68. The highest BCUT2D eigenvalue weighted by atomic mass is 16.5. The lowest BCUT2D eigenvalue weighted by molar-refractivity contribution is -0.110. The Morgan fingerprint density at radius 1 is 1.20 bits per heavy atom. The largest absolute Gasteiger partial charge is 0.494 e. The van der Waals surface area contributed by atoms with Crippen LogP contribution in [0.25, 0.3) is 6.08 Å². The zero-order valence-corrected chi connectivity index (χ0v) is 8.32. The third-order valence-electron chi connectivity index (χ3n) is 2.22. The first-order valence-electron chi connectivity index (χ1n) is 4.76. The lowest BCUT2D eigenvalue weighted by Crippen LogP contribution is -2.16. The number of ether oxygens (including phenoxy) is 1. The number of Topliss-reactive ketones (excluding diaryl/α,β-unsaturated/α-hetero) is 1. The van der Waals surface area contributed by atoms with Gasteiger partial charge in [-0.2, -0.15) is 0 Å². The molecule has 1 aliphatic carbocycles. The molecule has 3 heteroatoms. The molecule has 1 aromatic rings. The van der Waals surface area contributed by atoms with Gasteiger partial charge in [-0.3, -0.25) is 9.59 Å². The molecule has 0 amide bonds. The number of allylic oxidation sites excluding steroid dienone is 1. The Kier molecular flexibility index (Phi) is 2.37. The molecule has 0 radical (unpaired) electrons. The van der Waals surface area contributed by atoms with Crippen LogP contribution >= 0.6 is 0 Å². The van der Waals surface area contributed by atoms with Gasteiger partial charge in [0.15, 0.2) is 0 Å². The van der Waals surface area contributed by atoms with Crippen molar-refractivity contribution in [2.24, 2.45) is 0 Å². The molecule has 0 fully saturated rings. The van der Waals surface area contributed by atoms with Gasteiger partial charge < -0.3 is 4.74 Å². The monoisotopic (exact) mass is 202 g/mol. The number of benzene rings is 1. The van der Waals surface area contributed by atoms with Crippen LogP contribution in [-0.4, -0.2) is 18.2 Å². The first kappa shape index (κ1) is 9.65. The average Bonchev–Trinajstić information content (AvgIpc) is 2.25. The van der Waals surface area contributed by atoms with Gasteiger partial charge in [-0.25, -0.2) is 0 Å². The number of carbonyl (C=O) groups is 2. The van der Waals surface area contributed by atoms with E-state index in [2.05, 4.69) is 0 Å². The Morgan fingerprint density at radius 3 is 2.73 bits per heavy atom. The van der Waals surface area contributed by atoms with Crippen LogP contribution in [0.15, 0.2) is 24.3 Å². The van der Waals surface area contributed by atoms with Crippen LogP contribution in [-0.2, 0) is 4.79 Å². The van der Waals surface area contributed by atoms with E-state index in [0.29, 0.717) is 17.9 Å². The lowest BCUT2D eigenvalue weighted by Gasteiger charge is -2.10. The van der Waals surface area contributed by atoms with Crippen molar-refractivity contribution < 1.29 is 14.3 Å². The summed E-state index contributed by atoms with van der Waals surface area (Å²) in [6.45, 7) is 2.41. The van der Waals surface area contributed by atoms with Crippen LogP contribution in [0, 0.1) is 0 Å². The number of ketones is 2. The van der Waals surface area contributed by atoms with Gasteiger partial charge in [0, 0.05) is 5.56 Å². The van der Waals surface area contributed by atoms with Crippen molar-refractivity contribution in [2.75, 3.05) is 6.61 Å². The molecular weight excluding hydrogens is 192 g/mol. The Bertz CT molecular complexity index is 458. The molecule has 1 aliphatic rings. The molecule has 0 spiro atoms. The smallest absolute Gasteiger partial charge is 0.233 e. The topological polar surface area (TPSA) is 43.4 Å². The number of hydrogen-bond acceptors (Lipinski definition) is 3. The molecule has 0 aromatic heterocycles. The van der Waals surface area contributed by atoms with E-state index in [4.69, 9.17) is 4.74 Å². The first-order valence-corrected chi connectivity index (χ1v) is 4.76. The Balaban J connectivity index is 2.47. The highest BCUT2D eigenvalue weighted by Crippen LogP contribution is 2.22. The van der Waals surface area contributed by atoms with Crippen LogP contribution in [0.5, 0.6) is 5.75 Å². The van der Waals surface area contributed by atoms with Gasteiger partial charge in [-0.05, 0) is 30.7 Å². The summed E-state index contributed by atoms with van der Waals surface area (Å²) in [5.41, 5.74) is 1.19. The molecule has 0 unspecified atom stereocenters. The Morgan fingerprint density at radius 2 is 2.00 bits per heavy atom. The van der Waals surface area contributed by atoms with Gasteiger partial charge in [0.05, 0.1) is 6.61 Å². The molecule has 0 N–H and O–H groups in total. The summed E-state index contributed by atoms with van der Waals surface area (Å²) in [7, 11) is 0. The summed E-state index contributed by atoms with van der Waals surface area (Å²) in [6, 6.07) is 5.18. The fourth-order valence-electron chi connectivity index (χ4n) is 1.51. The zero-order chi connectivity index (χ0) is 10.8. The second-order valence-electron chi connectivity index (χ2n) is 3.21. The van der Waals surface area contributed by atoms with E-state index in [9.17, 15) is 9.59 Å². The summed E-state index contributed by atoms with van der Waals surface area (Å²) in [6.07, 6.45) is 2.94. The molecule has 0 saturated heterocycles. The fraction of sp³-hybridized carbons (Fsp3) is 0.167. The molecule has 3 nitrogen and oxygen atoms in total. The summed E-state index contributed by atoms with van der Waals surface area (Å²) in [4.78, 5) is 22.7. The molecule has 0 atom stereocenters. The average molecular weight is 202 g/mol. The van der Waals surface area contributed by atoms with Gasteiger partial charge in [-0.1, -0.05) is 12.1 Å². The summed E-state index contributed by atoms with van der Waals surface area (Å²) >= 11 is 0. The Hall–Kier alpha value is -1.90. The molecule has 15 heavy (non-hydrogen) atoms. The van der Waals surface area contributed by atoms with E-state index in [-0.39, 0.29) is 0 Å². The highest BCUT2D eigenvalue weighted by Gasteiger charge is 2.20. The van der Waals surface area contributed by atoms with Gasteiger partial charge in [0.2, 0.25) is 11.6 Å². The minimum absolute atomic E-state index is 0.424. The molecular formula is C12H10O3. The molecule has 0 heterocycles. The molecule has 0 saturated carbocycles. The number of fused-ring (bicyclic) bond motifs is 1. The minimum atomic E-state index is -0.476. The van der Waals surface area contributed by atoms with Crippen molar-refractivity contribution in [3.8, 4) is 5.75 Å². The van der Waals surface area contributed by atoms with E-state index < -0.39 is 11.6 Å². The van der Waals surface area contributed by atoms with Gasteiger partial charge in [0.25, 0.3) is 0 Å². The van der Waals surface area contributed by atoms with Crippen LogP contribution in [0.1, 0.15) is 22.8 Å². The molecule has 0 aliphatic heterocycles. The van der Waals surface area contributed by atoms with Crippen molar-refractivity contribution in [1.82, 2.24) is 0 Å². The number of rotatable bonds is 2. The van der Waals surface area contributed by atoms with E-state index in [1.807, 2.05) is 6.92 Å². The lowest BCUT2D eigenvalue weighted by atomic mass is 9.95. The van der Waals surface area contributed by atoms with E-state index in [1.54, 1.807) is 24.3 Å². The normalized spacial score (nSPS) is 13.9. The predicted octanol–water partition coefficient (Wildman–Crippen LogP) is 1.86. The molecule has 2 rings (SSSR count). The second kappa shape index (κ2) is 3.69. The van der Waals surface area contributed by atoms with E-state index >= 15 is 0 Å². The van der Waals surface area contributed by atoms with Crippen LogP contribution in [0.3, 0.4) is 0 Å². The fourth-order valence-corrected chi connectivity index (χ4v) is 1.51. The molecule has 76 valence electrons. The maximum Gasteiger partial charge on any atom is 0.233 e. The van der Waals surface area contributed by atoms with Crippen LogP contribution in [0.4, 0.5) is 0 Å². The Labute approximate surface area is 87.4 Å². The summed E-state index contributed by atoms with van der Waals surface area (Å²) in [5, 5.41) is 0. The second-order valence-corrected chi connectivity index (χ2v) is 3.21. The van der Waals surface area contributed by atoms with Gasteiger partial charge in [0.1, 0.15) is 5.75 Å². The summed E-state index contributed by atoms with van der Waals surface area (Å²) < 4.78 is 5.27. The maximum atomic E-state index is 11.5. The van der Waals surface area contributed by atoms with E-state index in [0.717, 1.165) is 5.56 Å². The quantitative estimate of drug-likeness (QED) is 0.687. The first-order chi connectivity index (χ1) is 7.22.